The highest BCUT2D eigenvalue weighted by molar-refractivity contribution is 7.99. The molecule has 1 aliphatic rings. The number of carbonyl (C=O) groups is 1. The molecule has 1 aromatic rings. The van der Waals surface area contributed by atoms with Crippen molar-refractivity contribution in [2.45, 2.75) is 12.3 Å². The van der Waals surface area contributed by atoms with Crippen molar-refractivity contribution in [2.24, 2.45) is 0 Å². The van der Waals surface area contributed by atoms with Crippen LogP contribution in [0.4, 0.5) is 10.5 Å². The van der Waals surface area contributed by atoms with E-state index in [0.29, 0.717) is 22.3 Å². The molecule has 3 N–H and O–H groups in total. The van der Waals surface area contributed by atoms with Gasteiger partial charge in [0.05, 0.1) is 11.9 Å². The van der Waals surface area contributed by atoms with Crippen LogP contribution in [0.15, 0.2) is 24.3 Å². The molecule has 0 saturated carbocycles. The monoisotopic (exact) mass is 288 g/mol. The molecule has 18 heavy (non-hydrogen) atoms. The Balaban J connectivity index is 2.01. The zero-order valence-electron chi connectivity index (χ0n) is 9.41. The maximum Gasteiger partial charge on any atom is 0.322 e. The second-order valence-corrected chi connectivity index (χ2v) is 5.32. The van der Waals surface area contributed by atoms with E-state index < -0.39 is 12.3 Å². The third-order valence-corrected chi connectivity index (χ3v) is 3.91. The van der Waals surface area contributed by atoms with Crippen molar-refractivity contribution in [2.75, 3.05) is 16.9 Å². The molecule has 0 aromatic heterocycles. The summed E-state index contributed by atoms with van der Waals surface area (Å²) in [5.74, 6) is 0.966. The number of hydrogen-bond acceptors (Lipinski definition) is 4. The molecule has 1 saturated heterocycles. The highest BCUT2D eigenvalue weighted by Crippen LogP contribution is 2.24. The second kappa shape index (κ2) is 5.79. The molecule has 1 atom stereocenters. The molecule has 2 amide bonds. The average molecular weight is 289 g/mol. The lowest BCUT2D eigenvalue weighted by molar-refractivity contribution is -0.0780. The minimum Gasteiger partial charge on any atom is -0.366 e. The standard InChI is InChI=1S/C11H13ClN2O3S/c12-7-1-3-8(4-2-7)13-11(17)14-6-18-5-9(14)10(15)16/h1-4,9-10,15-16H,5-6H2,(H,13,17)/t9-/m1/s1. The van der Waals surface area contributed by atoms with E-state index in [-0.39, 0.29) is 6.03 Å². The van der Waals surface area contributed by atoms with E-state index in [1.807, 2.05) is 0 Å². The Morgan fingerprint density at radius 3 is 2.72 bits per heavy atom. The van der Waals surface area contributed by atoms with Crippen LogP contribution in [-0.4, -0.2) is 45.1 Å². The van der Waals surface area contributed by atoms with Gasteiger partial charge in [0.15, 0.2) is 6.29 Å². The minimum absolute atomic E-state index is 0.347. The van der Waals surface area contributed by atoms with E-state index >= 15 is 0 Å². The predicted octanol–water partition coefficient (Wildman–Crippen LogP) is 1.56. The van der Waals surface area contributed by atoms with Gasteiger partial charge in [-0.25, -0.2) is 4.79 Å². The topological polar surface area (TPSA) is 72.8 Å². The molecular weight excluding hydrogens is 276 g/mol. The van der Waals surface area contributed by atoms with Crippen LogP contribution in [-0.2, 0) is 0 Å². The fourth-order valence-corrected chi connectivity index (χ4v) is 2.97. The molecule has 1 fully saturated rings. The van der Waals surface area contributed by atoms with E-state index in [1.54, 1.807) is 24.3 Å². The number of hydrogen-bond donors (Lipinski definition) is 3. The molecule has 2 rings (SSSR count). The Morgan fingerprint density at radius 1 is 1.44 bits per heavy atom. The van der Waals surface area contributed by atoms with Crippen LogP contribution in [0.2, 0.25) is 5.02 Å². The van der Waals surface area contributed by atoms with Gasteiger partial charge in [0, 0.05) is 16.5 Å². The summed E-state index contributed by atoms with van der Waals surface area (Å²) in [6.45, 7) is 0. The van der Waals surface area contributed by atoms with Crippen molar-refractivity contribution in [1.82, 2.24) is 4.90 Å². The van der Waals surface area contributed by atoms with E-state index in [1.165, 1.54) is 16.7 Å². The summed E-state index contributed by atoms with van der Waals surface area (Å²) in [6.07, 6.45) is -1.52. The molecule has 1 aromatic carbocycles. The fourth-order valence-electron chi connectivity index (χ4n) is 1.64. The van der Waals surface area contributed by atoms with Crippen molar-refractivity contribution in [3.05, 3.63) is 29.3 Å². The summed E-state index contributed by atoms with van der Waals surface area (Å²) < 4.78 is 0. The van der Waals surface area contributed by atoms with Crippen molar-refractivity contribution in [1.29, 1.82) is 0 Å². The van der Waals surface area contributed by atoms with Gasteiger partial charge >= 0.3 is 6.03 Å². The number of carbonyl (C=O) groups excluding carboxylic acids is 1. The molecule has 0 bridgehead atoms. The normalized spacial score (nSPS) is 19.3. The largest absolute Gasteiger partial charge is 0.366 e. The Labute approximate surface area is 114 Å². The Hall–Kier alpha value is -0.950. The van der Waals surface area contributed by atoms with Crippen molar-refractivity contribution < 1.29 is 15.0 Å². The third-order valence-electron chi connectivity index (χ3n) is 2.62. The number of thioether (sulfide) groups is 1. The highest BCUT2D eigenvalue weighted by Gasteiger charge is 2.33. The van der Waals surface area contributed by atoms with Gasteiger partial charge in [0.25, 0.3) is 0 Å². The number of aliphatic hydroxyl groups excluding tert-OH is 1. The van der Waals surface area contributed by atoms with Crippen LogP contribution in [0.1, 0.15) is 0 Å². The van der Waals surface area contributed by atoms with E-state index in [4.69, 9.17) is 11.6 Å². The van der Waals surface area contributed by atoms with Crippen molar-refractivity contribution >= 4 is 35.1 Å². The highest BCUT2D eigenvalue weighted by atomic mass is 35.5. The minimum atomic E-state index is -1.52. The molecule has 0 unspecified atom stereocenters. The SMILES string of the molecule is O=C(Nc1ccc(Cl)cc1)N1CSC[C@@H]1C(O)O. The number of nitrogens with zero attached hydrogens (tertiary/aromatic N) is 1. The van der Waals surface area contributed by atoms with Crippen LogP contribution >= 0.6 is 23.4 Å². The lowest BCUT2D eigenvalue weighted by Crippen LogP contribution is -2.45. The van der Waals surface area contributed by atoms with E-state index in [0.717, 1.165) is 0 Å². The lowest BCUT2D eigenvalue weighted by Gasteiger charge is -2.25. The molecule has 7 heteroatoms. The average Bonchev–Trinajstić information content (AvgIpc) is 2.81. The van der Waals surface area contributed by atoms with Gasteiger partial charge in [0.2, 0.25) is 0 Å². The predicted molar refractivity (Wildman–Crippen MR) is 71.6 cm³/mol. The molecule has 1 aliphatic heterocycles. The Kier molecular flexibility index (Phi) is 4.34. The van der Waals surface area contributed by atoms with Crippen LogP contribution in [0.25, 0.3) is 0 Å². The first-order valence-corrected chi connectivity index (χ1v) is 6.88. The number of nitrogens with one attached hydrogen (secondary N) is 1. The number of urea groups is 1. The third kappa shape index (κ3) is 3.08. The molecule has 98 valence electrons. The second-order valence-electron chi connectivity index (χ2n) is 3.89. The first kappa shape index (κ1) is 13.5. The van der Waals surface area contributed by atoms with Crippen LogP contribution in [0.3, 0.4) is 0 Å². The summed E-state index contributed by atoms with van der Waals surface area (Å²) in [5, 5.41) is 21.6. The number of anilines is 1. The van der Waals surface area contributed by atoms with Crippen LogP contribution in [0, 0.1) is 0 Å². The summed E-state index contributed by atoms with van der Waals surface area (Å²) in [7, 11) is 0. The van der Waals surface area contributed by atoms with E-state index in [9.17, 15) is 15.0 Å². The number of halogens is 1. The first-order valence-electron chi connectivity index (χ1n) is 5.35. The number of rotatable bonds is 2. The summed E-state index contributed by atoms with van der Waals surface area (Å²) in [6, 6.07) is 5.81. The molecular formula is C11H13ClN2O3S. The molecule has 0 radical (unpaired) electrons. The zero-order valence-corrected chi connectivity index (χ0v) is 11.0. The van der Waals surface area contributed by atoms with Gasteiger partial charge in [-0.15, -0.1) is 11.8 Å². The van der Waals surface area contributed by atoms with Gasteiger partial charge in [-0.2, -0.15) is 0 Å². The lowest BCUT2D eigenvalue weighted by atomic mass is 10.3. The Morgan fingerprint density at radius 2 is 2.11 bits per heavy atom. The maximum absolute atomic E-state index is 12.0. The van der Waals surface area contributed by atoms with Gasteiger partial charge in [-0.05, 0) is 24.3 Å². The maximum atomic E-state index is 12.0. The van der Waals surface area contributed by atoms with Crippen LogP contribution in [0.5, 0.6) is 0 Å². The number of benzene rings is 1. The van der Waals surface area contributed by atoms with Gasteiger partial charge < -0.3 is 20.4 Å². The first-order chi connectivity index (χ1) is 8.58. The van der Waals surface area contributed by atoms with Crippen molar-refractivity contribution in [3.8, 4) is 0 Å². The number of aliphatic hydroxyl groups is 2. The van der Waals surface area contributed by atoms with Gasteiger partial charge in [-0.3, -0.25) is 0 Å². The van der Waals surface area contributed by atoms with Crippen LogP contribution < -0.4 is 5.32 Å². The van der Waals surface area contributed by atoms with E-state index in [2.05, 4.69) is 5.32 Å². The summed E-state index contributed by atoms with van der Waals surface area (Å²) >= 11 is 7.23. The fraction of sp³-hybridized carbons (Fsp3) is 0.364. The van der Waals surface area contributed by atoms with Gasteiger partial charge in [0.1, 0.15) is 0 Å². The smallest absolute Gasteiger partial charge is 0.322 e. The quantitative estimate of drug-likeness (QED) is 0.722. The molecule has 0 spiro atoms. The molecule has 1 heterocycles. The number of amides is 2. The van der Waals surface area contributed by atoms with Gasteiger partial charge in [-0.1, -0.05) is 11.6 Å². The van der Waals surface area contributed by atoms with Crippen molar-refractivity contribution in [3.63, 3.8) is 0 Å². The summed E-state index contributed by atoms with van der Waals surface area (Å²) in [4.78, 5) is 13.4. The summed E-state index contributed by atoms with van der Waals surface area (Å²) in [5.41, 5.74) is 0.618. The molecule has 5 nitrogen and oxygen atoms in total. The zero-order chi connectivity index (χ0) is 13.1. The Bertz CT molecular complexity index is 427. The molecule has 0 aliphatic carbocycles.